The Morgan fingerprint density at radius 3 is 3.00 bits per heavy atom. The number of nitrogens with zero attached hydrogens (tertiary/aromatic N) is 3. The molecule has 1 aliphatic rings. The summed E-state index contributed by atoms with van der Waals surface area (Å²) in [4.78, 5) is 8.27. The highest BCUT2D eigenvalue weighted by atomic mass is 16.5. The summed E-state index contributed by atoms with van der Waals surface area (Å²) >= 11 is 0. The van der Waals surface area contributed by atoms with Gasteiger partial charge in [-0.3, -0.25) is 0 Å². The molecule has 0 saturated carbocycles. The van der Waals surface area contributed by atoms with Crippen molar-refractivity contribution < 1.29 is 19.7 Å². The van der Waals surface area contributed by atoms with Gasteiger partial charge in [-0.05, 0) is 6.07 Å². The van der Waals surface area contributed by atoms with Gasteiger partial charge in [0.1, 0.15) is 18.1 Å². The van der Waals surface area contributed by atoms with E-state index in [2.05, 4.69) is 9.97 Å². The normalized spacial score (nSPS) is 26.2. The molecule has 1 fully saturated rings. The Morgan fingerprint density at radius 2 is 2.35 bits per heavy atom. The summed E-state index contributed by atoms with van der Waals surface area (Å²) < 4.78 is 12.4. The molecule has 1 saturated heterocycles. The Bertz CT molecular complexity index is 629. The van der Waals surface area contributed by atoms with Crippen LogP contribution in [0.25, 0.3) is 11.0 Å². The number of hydrogen-bond acceptors (Lipinski definition) is 7. The average Bonchev–Trinajstić information content (AvgIpc) is 3.01. The molecule has 20 heavy (non-hydrogen) atoms. The van der Waals surface area contributed by atoms with Gasteiger partial charge >= 0.3 is 6.01 Å². The minimum Gasteiger partial charge on any atom is -0.467 e. The van der Waals surface area contributed by atoms with E-state index in [4.69, 9.17) is 20.3 Å². The summed E-state index contributed by atoms with van der Waals surface area (Å²) in [7, 11) is 1.46. The molecule has 3 atom stereocenters. The number of aromatic nitrogens is 3. The summed E-state index contributed by atoms with van der Waals surface area (Å²) in [6.45, 7) is -0.225. The molecule has 0 spiro atoms. The third-order valence-electron chi connectivity index (χ3n) is 3.46. The molecule has 8 nitrogen and oxygen atoms in total. The van der Waals surface area contributed by atoms with Gasteiger partial charge < -0.3 is 30.0 Å². The fraction of sp³-hybridized carbons (Fsp3) is 0.500. The zero-order valence-corrected chi connectivity index (χ0v) is 10.9. The number of aliphatic hydroxyl groups excluding tert-OH is 2. The molecule has 0 bridgehead atoms. The van der Waals surface area contributed by atoms with Crippen molar-refractivity contribution in [3.05, 3.63) is 12.3 Å². The highest BCUT2D eigenvalue weighted by Crippen LogP contribution is 2.32. The standard InChI is InChI=1S/C12H16N4O4/c1-19-12-14-10(13)6-2-3-16(11(6)15-12)9-4-7(18)8(5-17)20-9/h2-3,7-9,17-18H,4-5H2,1H3,(H2,13,14,15)/t7-,8+,9+/m0/s1. The van der Waals surface area contributed by atoms with Crippen LogP contribution >= 0.6 is 0 Å². The maximum Gasteiger partial charge on any atom is 0.320 e. The smallest absolute Gasteiger partial charge is 0.320 e. The fourth-order valence-electron chi connectivity index (χ4n) is 2.41. The summed E-state index contributed by atoms with van der Waals surface area (Å²) in [5.74, 6) is 0.322. The molecule has 2 aromatic heterocycles. The highest BCUT2D eigenvalue weighted by molar-refractivity contribution is 5.86. The lowest BCUT2D eigenvalue weighted by Gasteiger charge is -2.14. The van der Waals surface area contributed by atoms with Gasteiger partial charge in [0.2, 0.25) is 0 Å². The zero-order valence-electron chi connectivity index (χ0n) is 10.9. The first-order valence-corrected chi connectivity index (χ1v) is 6.26. The van der Waals surface area contributed by atoms with Crippen LogP contribution < -0.4 is 10.5 Å². The lowest BCUT2D eigenvalue weighted by Crippen LogP contribution is -2.24. The van der Waals surface area contributed by atoms with E-state index in [1.54, 1.807) is 16.8 Å². The van der Waals surface area contributed by atoms with Crippen molar-refractivity contribution in [2.24, 2.45) is 0 Å². The quantitative estimate of drug-likeness (QED) is 0.704. The third-order valence-corrected chi connectivity index (χ3v) is 3.46. The lowest BCUT2D eigenvalue weighted by atomic mass is 10.2. The van der Waals surface area contributed by atoms with Gasteiger partial charge in [0.15, 0.2) is 5.65 Å². The van der Waals surface area contributed by atoms with E-state index < -0.39 is 18.4 Å². The van der Waals surface area contributed by atoms with Crippen molar-refractivity contribution in [3.8, 4) is 6.01 Å². The first-order chi connectivity index (χ1) is 9.63. The molecule has 2 aromatic rings. The predicted octanol–water partition coefficient (Wildman–Crippen LogP) is -0.337. The van der Waals surface area contributed by atoms with Gasteiger partial charge in [0.25, 0.3) is 0 Å². The number of methoxy groups -OCH3 is 1. The molecule has 4 N–H and O–H groups in total. The van der Waals surface area contributed by atoms with Crippen LogP contribution in [0.3, 0.4) is 0 Å². The Labute approximate surface area is 114 Å². The molecule has 0 unspecified atom stereocenters. The van der Waals surface area contributed by atoms with Gasteiger partial charge in [-0.25, -0.2) is 0 Å². The second-order valence-electron chi connectivity index (χ2n) is 4.67. The Morgan fingerprint density at radius 1 is 1.55 bits per heavy atom. The van der Waals surface area contributed by atoms with E-state index in [0.29, 0.717) is 23.3 Å². The summed E-state index contributed by atoms with van der Waals surface area (Å²) in [5, 5.41) is 19.6. The monoisotopic (exact) mass is 280 g/mol. The molecule has 108 valence electrons. The van der Waals surface area contributed by atoms with Crippen LogP contribution in [0, 0.1) is 0 Å². The average molecular weight is 280 g/mol. The number of anilines is 1. The molecule has 0 radical (unpaired) electrons. The molecule has 3 heterocycles. The SMILES string of the molecule is COc1nc(N)c2ccn([C@H]3C[C@H](O)[C@@H](CO)O3)c2n1. The first kappa shape index (κ1) is 13.1. The van der Waals surface area contributed by atoms with Crippen LogP contribution in [-0.4, -0.2) is 50.7 Å². The van der Waals surface area contributed by atoms with Crippen molar-refractivity contribution in [2.45, 2.75) is 24.9 Å². The van der Waals surface area contributed by atoms with Gasteiger partial charge in [-0.15, -0.1) is 0 Å². The molecular formula is C12H16N4O4. The maximum absolute atomic E-state index is 9.81. The fourth-order valence-corrected chi connectivity index (χ4v) is 2.41. The van der Waals surface area contributed by atoms with E-state index in [9.17, 15) is 5.11 Å². The number of nitrogen functional groups attached to an aromatic ring is 1. The van der Waals surface area contributed by atoms with Crippen LogP contribution in [0.15, 0.2) is 12.3 Å². The summed E-state index contributed by atoms with van der Waals surface area (Å²) in [6.07, 6.45) is 0.453. The van der Waals surface area contributed by atoms with Crippen LogP contribution in [-0.2, 0) is 4.74 Å². The second-order valence-corrected chi connectivity index (χ2v) is 4.67. The molecule has 3 rings (SSSR count). The number of nitrogens with two attached hydrogens (primary N) is 1. The largest absolute Gasteiger partial charge is 0.467 e. The Kier molecular flexibility index (Phi) is 3.20. The minimum atomic E-state index is -0.705. The number of rotatable bonds is 3. The van der Waals surface area contributed by atoms with Gasteiger partial charge in [-0.1, -0.05) is 0 Å². The number of fused-ring (bicyclic) bond motifs is 1. The molecule has 1 aliphatic heterocycles. The molecule has 0 aromatic carbocycles. The lowest BCUT2D eigenvalue weighted by molar-refractivity contribution is -0.0430. The van der Waals surface area contributed by atoms with Gasteiger partial charge in [0.05, 0.1) is 25.2 Å². The van der Waals surface area contributed by atoms with Crippen LogP contribution in [0.1, 0.15) is 12.6 Å². The third kappa shape index (κ3) is 1.98. The minimum absolute atomic E-state index is 0.173. The Hall–Kier alpha value is -1.90. The van der Waals surface area contributed by atoms with Gasteiger partial charge in [-0.2, -0.15) is 9.97 Å². The molecule has 8 heteroatoms. The zero-order chi connectivity index (χ0) is 14.3. The maximum atomic E-state index is 9.81. The highest BCUT2D eigenvalue weighted by Gasteiger charge is 2.35. The second kappa shape index (κ2) is 4.89. The van der Waals surface area contributed by atoms with E-state index in [0.717, 1.165) is 0 Å². The van der Waals surface area contributed by atoms with Crippen LogP contribution in [0.2, 0.25) is 0 Å². The van der Waals surface area contributed by atoms with Crippen molar-refractivity contribution >= 4 is 16.9 Å². The van der Waals surface area contributed by atoms with Gasteiger partial charge in [0, 0.05) is 12.6 Å². The number of ether oxygens (including phenoxy) is 2. The topological polar surface area (TPSA) is 116 Å². The van der Waals surface area contributed by atoms with E-state index in [-0.39, 0.29) is 12.6 Å². The molecule has 0 aliphatic carbocycles. The Balaban J connectivity index is 2.02. The first-order valence-electron chi connectivity index (χ1n) is 6.26. The number of aliphatic hydroxyl groups is 2. The summed E-state index contributed by atoms with van der Waals surface area (Å²) in [5.41, 5.74) is 6.42. The number of hydrogen-bond donors (Lipinski definition) is 3. The molecule has 0 amide bonds. The van der Waals surface area contributed by atoms with Crippen molar-refractivity contribution in [2.75, 3.05) is 19.5 Å². The summed E-state index contributed by atoms with van der Waals surface area (Å²) in [6, 6.07) is 1.96. The van der Waals surface area contributed by atoms with Crippen molar-refractivity contribution in [1.29, 1.82) is 0 Å². The van der Waals surface area contributed by atoms with Crippen molar-refractivity contribution in [3.63, 3.8) is 0 Å². The molecular weight excluding hydrogens is 264 g/mol. The van der Waals surface area contributed by atoms with Crippen LogP contribution in [0.4, 0.5) is 5.82 Å². The predicted molar refractivity (Wildman–Crippen MR) is 70.1 cm³/mol. The van der Waals surface area contributed by atoms with Crippen LogP contribution in [0.5, 0.6) is 6.01 Å². The van der Waals surface area contributed by atoms with E-state index >= 15 is 0 Å². The van der Waals surface area contributed by atoms with E-state index in [1.807, 2.05) is 0 Å². The van der Waals surface area contributed by atoms with Crippen molar-refractivity contribution in [1.82, 2.24) is 14.5 Å². The van der Waals surface area contributed by atoms with E-state index in [1.165, 1.54) is 7.11 Å².